The lowest BCUT2D eigenvalue weighted by molar-refractivity contribution is 0.598. The second-order valence-corrected chi connectivity index (χ2v) is 24.3. The van der Waals surface area contributed by atoms with Crippen molar-refractivity contribution in [1.82, 2.24) is 0 Å². The number of sulfone groups is 1. The fourth-order valence-corrected chi connectivity index (χ4v) is 16.0. The van der Waals surface area contributed by atoms with Crippen LogP contribution in [0.3, 0.4) is 0 Å². The Balaban J connectivity index is 1.15. The molecule has 0 atom stereocenters. The zero-order chi connectivity index (χ0) is 30.9. The van der Waals surface area contributed by atoms with Crippen LogP contribution in [0.5, 0.6) is 0 Å². The summed E-state index contributed by atoms with van der Waals surface area (Å²) in [7, 11) is -7.22. The molecule has 2 nitrogen and oxygen atoms in total. The number of hydrogen-bond donors (Lipinski definition) is 0. The van der Waals surface area contributed by atoms with Crippen LogP contribution < -0.4 is 20.7 Å². The normalized spacial score (nSPS) is 16.7. The smallest absolute Gasteiger partial charge is 0.207 e. The zero-order valence-corrected chi connectivity index (χ0v) is 28.6. The van der Waals surface area contributed by atoms with Gasteiger partial charge in [0.25, 0.3) is 0 Å². The monoisotopic (exact) mass is 632 g/mol. The van der Waals surface area contributed by atoms with Crippen molar-refractivity contribution in [1.29, 1.82) is 0 Å². The summed E-state index contributed by atoms with van der Waals surface area (Å²) in [6, 6.07) is 43.0. The molecular weight excluding hydrogens is 601 g/mol. The molecule has 3 aliphatic rings. The van der Waals surface area contributed by atoms with Crippen LogP contribution in [0.1, 0.15) is 0 Å². The van der Waals surface area contributed by atoms with Crippen molar-refractivity contribution in [3.63, 3.8) is 0 Å². The summed E-state index contributed by atoms with van der Waals surface area (Å²) in [6.45, 7) is 9.71. The molecule has 0 unspecified atom stereocenters. The van der Waals surface area contributed by atoms with E-state index in [1.807, 2.05) is 24.3 Å². The molecule has 0 aliphatic carbocycles. The summed E-state index contributed by atoms with van der Waals surface area (Å²) in [4.78, 5) is 0.805. The van der Waals surface area contributed by atoms with Crippen LogP contribution in [0.2, 0.25) is 26.2 Å². The topological polar surface area (TPSA) is 34.1 Å². The highest BCUT2D eigenvalue weighted by Crippen LogP contribution is 2.46. The van der Waals surface area contributed by atoms with Crippen LogP contribution >= 0.6 is 0 Å². The van der Waals surface area contributed by atoms with Gasteiger partial charge in [-0.3, -0.25) is 0 Å². The molecule has 6 aromatic carbocycles. The highest BCUT2D eigenvalue weighted by atomic mass is 32.2. The predicted molar refractivity (Wildman–Crippen MR) is 193 cm³/mol. The average Bonchev–Trinajstić information content (AvgIpc) is 3.53. The van der Waals surface area contributed by atoms with Crippen LogP contribution in [-0.2, 0) is 9.84 Å². The number of benzene rings is 6. The van der Waals surface area contributed by atoms with Gasteiger partial charge in [0.2, 0.25) is 9.84 Å². The van der Waals surface area contributed by atoms with Gasteiger partial charge < -0.3 is 0 Å². The fourth-order valence-electron chi connectivity index (χ4n) is 8.19. The highest BCUT2D eigenvalue weighted by Gasteiger charge is 2.39. The van der Waals surface area contributed by atoms with Crippen LogP contribution in [0, 0.1) is 0 Å². The molecule has 0 bridgehead atoms. The second-order valence-electron chi connectivity index (χ2n) is 13.8. The molecule has 9 rings (SSSR count). The van der Waals surface area contributed by atoms with E-state index in [-0.39, 0.29) is 0 Å². The Kier molecular flexibility index (Phi) is 5.36. The quantitative estimate of drug-likeness (QED) is 0.186. The maximum Gasteiger partial charge on any atom is 0.207 e. The van der Waals surface area contributed by atoms with Gasteiger partial charge in [-0.1, -0.05) is 123 Å². The van der Waals surface area contributed by atoms with E-state index >= 15 is 0 Å². The minimum absolute atomic E-state index is 0.402. The van der Waals surface area contributed by atoms with Gasteiger partial charge in [0, 0.05) is 11.1 Å². The summed E-state index contributed by atoms with van der Waals surface area (Å²) in [5.41, 5.74) is 11.4. The third-order valence-electron chi connectivity index (χ3n) is 10.7. The third-order valence-corrected chi connectivity index (χ3v) is 19.6. The minimum Gasteiger partial charge on any atom is -0.218 e. The van der Waals surface area contributed by atoms with Crippen LogP contribution in [0.4, 0.5) is 0 Å². The SMILES string of the molecule is C[Si]1(C)c2ccccc2-c2ccc(-c3ccc4c(c3)-c3cc(-c5ccc6c(c5)[Si](C)(C)c5ccccc5-6)ccc3S4(=O)=O)cc21. The standard InChI is InChI=1S/C40H32O2SSi2/c1-44(2)37-11-7-5-9-29(37)31-17-13-27(23-39(31)44)25-15-19-35-33(21-25)34-22-26(16-20-36(34)43(35,41)42)28-14-18-32-30-10-6-8-12-38(30)45(3,4)40(32)24-28/h5-24H,1-4H3. The minimum atomic E-state index is -3.58. The van der Waals surface area contributed by atoms with Crippen molar-refractivity contribution in [2.24, 2.45) is 0 Å². The maximum absolute atomic E-state index is 13.7. The lowest BCUT2D eigenvalue weighted by Gasteiger charge is -2.19. The van der Waals surface area contributed by atoms with Gasteiger partial charge >= 0.3 is 0 Å². The van der Waals surface area contributed by atoms with E-state index in [9.17, 15) is 8.42 Å². The Bertz CT molecular complexity index is 2240. The van der Waals surface area contributed by atoms with Gasteiger partial charge in [-0.15, -0.1) is 0 Å². The van der Waals surface area contributed by atoms with Crippen molar-refractivity contribution in [2.45, 2.75) is 36.0 Å². The Morgan fingerprint density at radius 3 is 1.18 bits per heavy atom. The van der Waals surface area contributed by atoms with Gasteiger partial charge in [-0.25, -0.2) is 8.42 Å². The predicted octanol–water partition coefficient (Wildman–Crippen LogP) is 7.44. The molecular formula is C40H32O2SSi2. The first kappa shape index (κ1) is 27.1. The van der Waals surface area contributed by atoms with E-state index in [2.05, 4.69) is 123 Å². The molecule has 0 aromatic heterocycles. The molecule has 0 amide bonds. The van der Waals surface area contributed by atoms with E-state index in [1.165, 1.54) is 43.0 Å². The first-order valence-electron chi connectivity index (χ1n) is 15.6. The zero-order valence-electron chi connectivity index (χ0n) is 25.8. The molecule has 0 saturated carbocycles. The molecule has 0 spiro atoms. The molecule has 45 heavy (non-hydrogen) atoms. The van der Waals surface area contributed by atoms with Gasteiger partial charge in [0.15, 0.2) is 0 Å². The first-order valence-corrected chi connectivity index (χ1v) is 23.1. The van der Waals surface area contributed by atoms with Crippen LogP contribution in [0.15, 0.2) is 131 Å². The molecule has 5 heteroatoms. The molecule has 0 radical (unpaired) electrons. The number of fused-ring (bicyclic) bond motifs is 9. The third kappa shape index (κ3) is 3.57. The van der Waals surface area contributed by atoms with Gasteiger partial charge in [-0.2, -0.15) is 0 Å². The van der Waals surface area contributed by atoms with Crippen LogP contribution in [0.25, 0.3) is 55.6 Å². The lowest BCUT2D eigenvalue weighted by Crippen LogP contribution is -2.49. The second kappa shape index (κ2) is 8.91. The van der Waals surface area contributed by atoms with Gasteiger partial charge in [-0.05, 0) is 89.5 Å². The van der Waals surface area contributed by atoms with Crippen molar-refractivity contribution >= 4 is 46.7 Å². The lowest BCUT2D eigenvalue weighted by atomic mass is 9.95. The molecule has 3 heterocycles. The van der Waals surface area contributed by atoms with Gasteiger partial charge in [0.05, 0.1) is 9.79 Å². The summed E-state index contributed by atoms with van der Waals surface area (Å²) < 4.78 is 27.4. The van der Waals surface area contributed by atoms with E-state index in [4.69, 9.17) is 0 Å². The number of hydrogen-bond acceptors (Lipinski definition) is 2. The Hall–Kier alpha value is -4.30. The number of rotatable bonds is 2. The van der Waals surface area contributed by atoms with Crippen molar-refractivity contribution in [3.8, 4) is 55.6 Å². The Labute approximate surface area is 267 Å². The van der Waals surface area contributed by atoms with E-state index in [0.717, 1.165) is 33.4 Å². The first-order chi connectivity index (χ1) is 21.6. The summed E-state index contributed by atoms with van der Waals surface area (Å²) in [5.74, 6) is 0. The van der Waals surface area contributed by atoms with Crippen molar-refractivity contribution in [3.05, 3.63) is 121 Å². The molecule has 0 N–H and O–H groups in total. The average molecular weight is 633 g/mol. The van der Waals surface area contributed by atoms with E-state index < -0.39 is 26.0 Å². The fraction of sp³-hybridized carbons (Fsp3) is 0.100. The summed E-state index contributed by atoms with van der Waals surface area (Å²) in [5, 5.41) is 5.87. The molecule has 6 aromatic rings. The van der Waals surface area contributed by atoms with Crippen LogP contribution in [-0.4, -0.2) is 24.6 Å². The molecule has 0 fully saturated rings. The van der Waals surface area contributed by atoms with E-state index in [0.29, 0.717) is 9.79 Å². The molecule has 0 saturated heterocycles. The maximum atomic E-state index is 13.7. The largest absolute Gasteiger partial charge is 0.218 e. The van der Waals surface area contributed by atoms with Crippen molar-refractivity contribution in [2.75, 3.05) is 0 Å². The van der Waals surface area contributed by atoms with Crippen molar-refractivity contribution < 1.29 is 8.42 Å². The highest BCUT2D eigenvalue weighted by molar-refractivity contribution is 7.92. The molecule has 3 aliphatic heterocycles. The van der Waals surface area contributed by atoms with E-state index in [1.54, 1.807) is 0 Å². The Morgan fingerprint density at radius 1 is 0.378 bits per heavy atom. The Morgan fingerprint density at radius 2 is 0.733 bits per heavy atom. The summed E-state index contributed by atoms with van der Waals surface area (Å²) >= 11 is 0. The summed E-state index contributed by atoms with van der Waals surface area (Å²) in [6.07, 6.45) is 0. The van der Waals surface area contributed by atoms with Gasteiger partial charge in [0.1, 0.15) is 16.1 Å². The molecule has 218 valence electrons.